The number of halogens is 2. The van der Waals surface area contributed by atoms with Crippen LogP contribution in [0.4, 0.5) is 0 Å². The van der Waals surface area contributed by atoms with Crippen LogP contribution in [0.3, 0.4) is 0 Å². The van der Waals surface area contributed by atoms with E-state index in [0.29, 0.717) is 0 Å². The molecule has 1 aromatic rings. The summed E-state index contributed by atoms with van der Waals surface area (Å²) in [5, 5.41) is 0. The second-order valence-electron chi connectivity index (χ2n) is 3.52. The van der Waals surface area contributed by atoms with Crippen molar-refractivity contribution in [1.82, 2.24) is 0 Å². The van der Waals surface area contributed by atoms with Crippen molar-refractivity contribution in [2.24, 2.45) is 0 Å². The van der Waals surface area contributed by atoms with Gasteiger partial charge in [-0.05, 0) is 0 Å². The van der Waals surface area contributed by atoms with E-state index >= 15 is 0 Å². The molecule has 3 heteroatoms. The molecule has 3 rings (SSSR count). The molecule has 0 aliphatic heterocycles. The second-order valence-corrected chi connectivity index (χ2v) is 4.94. The van der Waals surface area contributed by atoms with Crippen molar-refractivity contribution < 1.29 is 49.5 Å². The summed E-state index contributed by atoms with van der Waals surface area (Å²) >= 11 is 1.66. The van der Waals surface area contributed by atoms with Crippen molar-refractivity contribution in [3.05, 3.63) is 41.0 Å². The summed E-state index contributed by atoms with van der Waals surface area (Å²) in [6, 6.07) is 8.92. The normalized spacial score (nSPS) is 21.4. The first-order valence-electron chi connectivity index (χ1n) is 4.40. The summed E-state index contributed by atoms with van der Waals surface area (Å²) in [6.07, 6.45) is 2.69. The first kappa shape index (κ1) is 12.5. The van der Waals surface area contributed by atoms with E-state index in [4.69, 9.17) is 0 Å². The van der Waals surface area contributed by atoms with E-state index in [9.17, 15) is 0 Å². The van der Waals surface area contributed by atoms with Crippen molar-refractivity contribution in [3.63, 3.8) is 0 Å². The fourth-order valence-electron chi connectivity index (χ4n) is 2.23. The average Bonchev–Trinajstić information content (AvgIpc) is 2.20. The van der Waals surface area contributed by atoms with Crippen LogP contribution in [-0.2, 0) is 24.7 Å². The van der Waals surface area contributed by atoms with E-state index in [1.165, 1.54) is 12.8 Å². The van der Waals surface area contributed by atoms with Gasteiger partial charge in [0.1, 0.15) is 0 Å². The molecule has 1 atom stereocenters. The number of hydrogen-bond donors (Lipinski definition) is 0. The van der Waals surface area contributed by atoms with Crippen molar-refractivity contribution in [2.45, 2.75) is 16.5 Å². The molecule has 0 fully saturated rings. The van der Waals surface area contributed by atoms with E-state index in [2.05, 4.69) is 24.3 Å². The second kappa shape index (κ2) is 4.51. The molecule has 0 N–H and O–H groups in total. The Balaban J connectivity index is 0.000000490. The maximum atomic E-state index is 2.30. The van der Waals surface area contributed by atoms with Gasteiger partial charge in [0.15, 0.2) is 0 Å². The van der Waals surface area contributed by atoms with Crippen LogP contribution >= 0.6 is 0 Å². The first-order chi connectivity index (χ1) is 5.88. The predicted octanol–water partition coefficient (Wildman–Crippen LogP) is -3.16. The van der Waals surface area contributed by atoms with Gasteiger partial charge in [-0.25, -0.2) is 0 Å². The van der Waals surface area contributed by atoms with Crippen molar-refractivity contribution in [2.75, 3.05) is 0 Å². The van der Waals surface area contributed by atoms with Gasteiger partial charge in [-0.2, -0.15) is 0 Å². The molecule has 71 valence electrons. The van der Waals surface area contributed by atoms with Crippen LogP contribution in [0, 0.1) is 0 Å². The molecule has 1 unspecified atom stereocenters. The first-order valence-corrected chi connectivity index (χ1v) is 5.82. The number of allylic oxidation sites excluding steroid dienone is 2. The molecule has 0 bridgehead atoms. The summed E-state index contributed by atoms with van der Waals surface area (Å²) in [6.45, 7) is 0. The molecule has 0 heterocycles. The summed E-state index contributed by atoms with van der Waals surface area (Å²) in [7, 11) is 0. The van der Waals surface area contributed by atoms with Crippen LogP contribution in [0.15, 0.2) is 29.8 Å². The van der Waals surface area contributed by atoms with Crippen LogP contribution < -0.4 is 24.8 Å². The molecule has 1 aromatic carbocycles. The number of benzene rings is 1. The van der Waals surface area contributed by atoms with Gasteiger partial charge in [0.25, 0.3) is 0 Å². The zero-order chi connectivity index (χ0) is 8.13. The number of fused-ring (bicyclic) bond motifs is 2. The Morgan fingerprint density at radius 3 is 2.43 bits per heavy atom. The van der Waals surface area contributed by atoms with Gasteiger partial charge < -0.3 is 24.8 Å². The summed E-state index contributed by atoms with van der Waals surface area (Å²) in [5.74, 6) is 0. The Kier molecular flexibility index (Phi) is 4.03. The minimum atomic E-state index is 0. The summed E-state index contributed by atoms with van der Waals surface area (Å²) in [4.78, 5) is 0. The van der Waals surface area contributed by atoms with Crippen LogP contribution in [0.5, 0.6) is 0 Å². The molecule has 0 spiro atoms. The molecule has 0 saturated heterocycles. The van der Waals surface area contributed by atoms with Crippen molar-refractivity contribution >= 4 is 5.57 Å². The van der Waals surface area contributed by atoms with Crippen molar-refractivity contribution in [3.8, 4) is 0 Å². The van der Waals surface area contributed by atoms with Crippen LogP contribution in [-0.4, -0.2) is 0 Å². The van der Waals surface area contributed by atoms with Gasteiger partial charge in [0, 0.05) is 0 Å². The topological polar surface area (TPSA) is 0 Å². The quantitative estimate of drug-likeness (QED) is 0.475. The zero-order valence-corrected chi connectivity index (χ0v) is 11.5. The Morgan fingerprint density at radius 1 is 1.07 bits per heavy atom. The Morgan fingerprint density at radius 2 is 1.79 bits per heavy atom. The molecule has 0 saturated carbocycles. The Labute approximate surface area is 112 Å². The van der Waals surface area contributed by atoms with Gasteiger partial charge in [-0.3, -0.25) is 0 Å². The Bertz CT molecular complexity index is 385. The van der Waals surface area contributed by atoms with Gasteiger partial charge >= 0.3 is 87.7 Å². The van der Waals surface area contributed by atoms with E-state index in [1.807, 2.05) is 0 Å². The molecule has 2 aliphatic rings. The standard InChI is InChI=1S/C11H9.2ClH.Zr/c1-2-4-10-8(3-1)7-9-5-6-11(9)10;;;/h1-4,7H,5-6H2;2*1H;/q;;;+2/p-2. The maximum absolute atomic E-state index is 2.30. The van der Waals surface area contributed by atoms with Crippen LogP contribution in [0.1, 0.15) is 27.6 Å². The molecule has 0 amide bonds. The van der Waals surface area contributed by atoms with E-state index in [1.54, 1.807) is 47.0 Å². The van der Waals surface area contributed by atoms with Gasteiger partial charge in [-0.15, -0.1) is 0 Å². The molecule has 14 heavy (non-hydrogen) atoms. The predicted molar refractivity (Wildman–Crippen MR) is 45.3 cm³/mol. The average molecular weight is 303 g/mol. The monoisotopic (exact) mass is 301 g/mol. The van der Waals surface area contributed by atoms with Gasteiger partial charge in [0.05, 0.1) is 0 Å². The Hall–Kier alpha value is 0.423. The molecular weight excluding hydrogens is 294 g/mol. The third-order valence-corrected chi connectivity index (χ3v) is 4.60. The van der Waals surface area contributed by atoms with Crippen LogP contribution in [0.2, 0.25) is 0 Å². The van der Waals surface area contributed by atoms with Gasteiger partial charge in [-0.1, -0.05) is 0 Å². The van der Waals surface area contributed by atoms with Crippen molar-refractivity contribution in [1.29, 1.82) is 0 Å². The SMILES string of the molecule is [Cl-].[Cl-].[Zr+2][CH]1C2=C(CC2)c2ccccc21. The van der Waals surface area contributed by atoms with E-state index in [-0.39, 0.29) is 24.8 Å². The number of hydrogen-bond acceptors (Lipinski definition) is 0. The third-order valence-electron chi connectivity index (χ3n) is 2.98. The molecule has 0 radical (unpaired) electrons. The fourth-order valence-corrected chi connectivity index (χ4v) is 3.63. The van der Waals surface area contributed by atoms with E-state index in [0.717, 1.165) is 3.63 Å². The third kappa shape index (κ3) is 1.54. The molecule has 2 aliphatic carbocycles. The van der Waals surface area contributed by atoms with Gasteiger partial charge in [0.2, 0.25) is 0 Å². The summed E-state index contributed by atoms with van der Waals surface area (Å²) < 4.78 is 0.803. The number of rotatable bonds is 0. The molecule has 0 aromatic heterocycles. The minimum absolute atomic E-state index is 0. The molecular formula is C11H9Cl2Zr. The summed E-state index contributed by atoms with van der Waals surface area (Å²) in [5.41, 5.74) is 6.57. The molecule has 0 nitrogen and oxygen atoms in total. The van der Waals surface area contributed by atoms with E-state index < -0.39 is 0 Å². The van der Waals surface area contributed by atoms with Crippen LogP contribution in [0.25, 0.3) is 5.57 Å². The zero-order valence-electron chi connectivity index (χ0n) is 7.56. The fraction of sp³-hybridized carbons (Fsp3) is 0.273.